The van der Waals surface area contributed by atoms with Gasteiger partial charge in [0, 0.05) is 24.8 Å². The highest BCUT2D eigenvalue weighted by Gasteiger charge is 2.69. The van der Waals surface area contributed by atoms with Crippen molar-refractivity contribution in [2.24, 2.45) is 56.2 Å². The lowest BCUT2D eigenvalue weighted by Gasteiger charge is -2.71. The van der Waals surface area contributed by atoms with Crippen molar-refractivity contribution < 1.29 is 29.0 Å². The van der Waals surface area contributed by atoms with Crippen molar-refractivity contribution in [3.05, 3.63) is 11.6 Å². The molecule has 0 radical (unpaired) electrons. The third-order valence-electron chi connectivity index (χ3n) is 17.9. The number of allylic oxidation sites excluding steroid dienone is 2. The summed E-state index contributed by atoms with van der Waals surface area (Å²) >= 11 is 0. The summed E-state index contributed by atoms with van der Waals surface area (Å²) in [6.07, 6.45) is 25.2. The van der Waals surface area contributed by atoms with Crippen LogP contribution in [0.1, 0.15) is 210 Å². The summed E-state index contributed by atoms with van der Waals surface area (Å²) < 4.78 is 6.40. The first-order chi connectivity index (χ1) is 27.7. The van der Waals surface area contributed by atoms with E-state index in [1.807, 2.05) is 0 Å². The Morgan fingerprint density at radius 3 is 2.07 bits per heavy atom. The molecule has 2 amide bonds. The number of carboxylic acid groups (broad SMARTS) is 1. The molecule has 4 saturated carbocycles. The SMILES string of the molecule is CCCCCCCCCCCC(=O)O[C@H]1CC[C@]2(C)[C@H]3CC=C4[C@@H]5CC(C)(C)CC[C@]5(C(=O)NCCCC(=O)N[C@H](C(=O)O)C(C)C)CC[C@@]4(C)[C@]3(C)CC[C@H]2C1(C)C. The van der Waals surface area contributed by atoms with E-state index in [2.05, 4.69) is 72.1 Å². The average Bonchev–Trinajstić information content (AvgIpc) is 3.15. The Morgan fingerprint density at radius 1 is 0.780 bits per heavy atom. The molecule has 0 spiro atoms. The van der Waals surface area contributed by atoms with E-state index >= 15 is 0 Å². The van der Waals surface area contributed by atoms with Crippen molar-refractivity contribution in [3.8, 4) is 0 Å². The molecular weight excluding hydrogens is 737 g/mol. The Kier molecular flexibility index (Phi) is 15.3. The zero-order valence-corrected chi connectivity index (χ0v) is 39.3. The normalized spacial score (nSPS) is 34.9. The van der Waals surface area contributed by atoms with Crippen molar-refractivity contribution in [2.75, 3.05) is 6.54 Å². The third-order valence-corrected chi connectivity index (χ3v) is 17.9. The number of fused-ring (bicyclic) bond motifs is 7. The van der Waals surface area contributed by atoms with Crippen LogP contribution in [0.3, 0.4) is 0 Å². The fourth-order valence-electron chi connectivity index (χ4n) is 14.0. The average molecular weight is 823 g/mol. The van der Waals surface area contributed by atoms with Gasteiger partial charge >= 0.3 is 11.9 Å². The van der Waals surface area contributed by atoms with E-state index < -0.39 is 17.4 Å². The zero-order valence-electron chi connectivity index (χ0n) is 39.3. The molecule has 3 N–H and O–H groups in total. The van der Waals surface area contributed by atoms with Crippen molar-refractivity contribution >= 4 is 23.8 Å². The predicted octanol–water partition coefficient (Wildman–Crippen LogP) is 11.7. The van der Waals surface area contributed by atoms with E-state index in [4.69, 9.17) is 4.74 Å². The zero-order chi connectivity index (χ0) is 43.4. The molecule has 0 aromatic rings. The van der Waals surface area contributed by atoms with Crippen LogP contribution in [0.15, 0.2) is 11.6 Å². The van der Waals surface area contributed by atoms with Gasteiger partial charge in [-0.05, 0) is 122 Å². The lowest BCUT2D eigenvalue weighted by Crippen LogP contribution is -2.65. The summed E-state index contributed by atoms with van der Waals surface area (Å²) in [5.41, 5.74) is 1.41. The Hall–Kier alpha value is -2.38. The maximum absolute atomic E-state index is 14.5. The van der Waals surface area contributed by atoms with Crippen LogP contribution in [-0.4, -0.2) is 47.6 Å². The van der Waals surface area contributed by atoms with Gasteiger partial charge in [0.25, 0.3) is 0 Å². The van der Waals surface area contributed by atoms with E-state index in [0.717, 1.165) is 77.0 Å². The number of rotatable bonds is 19. The van der Waals surface area contributed by atoms with E-state index in [-0.39, 0.29) is 69.2 Å². The maximum atomic E-state index is 14.5. The van der Waals surface area contributed by atoms with Gasteiger partial charge in [-0.15, -0.1) is 0 Å². The van der Waals surface area contributed by atoms with Crippen LogP contribution in [0.4, 0.5) is 0 Å². The molecule has 0 unspecified atom stereocenters. The molecule has 5 aliphatic rings. The molecule has 8 nitrogen and oxygen atoms in total. The number of carbonyl (C=O) groups excluding carboxylic acids is 3. The van der Waals surface area contributed by atoms with Gasteiger partial charge in [0.2, 0.25) is 11.8 Å². The van der Waals surface area contributed by atoms with E-state index in [1.54, 1.807) is 19.4 Å². The van der Waals surface area contributed by atoms with Crippen molar-refractivity contribution in [1.29, 1.82) is 0 Å². The highest BCUT2D eigenvalue weighted by Crippen LogP contribution is 2.76. The highest BCUT2D eigenvalue weighted by atomic mass is 16.5. The van der Waals surface area contributed by atoms with Gasteiger partial charge in [0.15, 0.2) is 0 Å². The van der Waals surface area contributed by atoms with Gasteiger partial charge in [-0.1, -0.05) is 132 Å². The second-order valence-electron chi connectivity index (χ2n) is 22.8. The minimum atomic E-state index is -1.02. The first-order valence-corrected chi connectivity index (χ1v) is 24.4. The molecular formula is C51H86N2O6. The number of amides is 2. The van der Waals surface area contributed by atoms with Gasteiger partial charge in [-0.3, -0.25) is 14.4 Å². The standard InChI is InChI=1S/C51H86N2O6/c1-11-12-13-14-15-16-17-18-19-22-42(55)59-40-26-27-48(8)38(47(40,6)7)25-28-50(10)39(48)24-23-36-37-34-46(4,5)29-31-51(37,32-30-49(36,50)9)45(58)52-33-20-21-41(54)53-43(35(2)3)44(56)57/h23,35,37-40,43H,11-22,24-34H2,1-10H3,(H,52,58)(H,53,54)(H,56,57)/t37-,38-,39+,40-,43-,48-,49+,50+,51-/m0/s1. The Labute approximate surface area is 359 Å². The minimum Gasteiger partial charge on any atom is -0.480 e. The number of ether oxygens (including phenoxy) is 1. The Balaban J connectivity index is 1.24. The summed E-state index contributed by atoms with van der Waals surface area (Å²) in [7, 11) is 0. The lowest BCUT2D eigenvalue weighted by atomic mass is 9.33. The van der Waals surface area contributed by atoms with Crippen LogP contribution in [0.25, 0.3) is 0 Å². The summed E-state index contributed by atoms with van der Waals surface area (Å²) in [6, 6.07) is -0.910. The van der Waals surface area contributed by atoms with Crippen LogP contribution in [0.5, 0.6) is 0 Å². The van der Waals surface area contributed by atoms with E-state index in [1.165, 1.54) is 44.9 Å². The van der Waals surface area contributed by atoms with Gasteiger partial charge in [-0.25, -0.2) is 4.79 Å². The molecule has 0 saturated heterocycles. The van der Waals surface area contributed by atoms with Crippen LogP contribution >= 0.6 is 0 Å². The second-order valence-corrected chi connectivity index (χ2v) is 22.8. The van der Waals surface area contributed by atoms with Crippen molar-refractivity contribution in [3.63, 3.8) is 0 Å². The number of hydrogen-bond donors (Lipinski definition) is 3. The van der Waals surface area contributed by atoms with E-state index in [9.17, 15) is 24.3 Å². The fraction of sp³-hybridized carbons (Fsp3) is 0.882. The molecule has 59 heavy (non-hydrogen) atoms. The molecule has 0 heterocycles. The molecule has 0 aromatic heterocycles. The maximum Gasteiger partial charge on any atom is 0.326 e. The van der Waals surface area contributed by atoms with Crippen molar-refractivity contribution in [2.45, 2.75) is 223 Å². The van der Waals surface area contributed by atoms with Crippen LogP contribution in [0.2, 0.25) is 0 Å². The Morgan fingerprint density at radius 2 is 1.42 bits per heavy atom. The molecule has 5 rings (SSSR count). The van der Waals surface area contributed by atoms with Crippen LogP contribution in [0, 0.1) is 56.2 Å². The topological polar surface area (TPSA) is 122 Å². The minimum absolute atomic E-state index is 0.000767. The molecule has 8 heteroatoms. The summed E-state index contributed by atoms with van der Waals surface area (Å²) in [6.45, 7) is 23.5. The molecule has 0 aromatic carbocycles. The van der Waals surface area contributed by atoms with Gasteiger partial charge < -0.3 is 20.5 Å². The number of hydrogen-bond acceptors (Lipinski definition) is 5. The largest absolute Gasteiger partial charge is 0.480 e. The molecule has 0 bridgehead atoms. The monoisotopic (exact) mass is 823 g/mol. The van der Waals surface area contributed by atoms with Gasteiger partial charge in [0.1, 0.15) is 12.1 Å². The number of nitrogens with one attached hydrogen (secondary N) is 2. The van der Waals surface area contributed by atoms with E-state index in [0.29, 0.717) is 31.2 Å². The first-order valence-electron chi connectivity index (χ1n) is 24.4. The smallest absolute Gasteiger partial charge is 0.326 e. The fourth-order valence-corrected chi connectivity index (χ4v) is 14.0. The van der Waals surface area contributed by atoms with Gasteiger partial charge in [0.05, 0.1) is 5.41 Å². The first kappa shape index (κ1) is 47.7. The quantitative estimate of drug-likeness (QED) is 0.0677. The summed E-state index contributed by atoms with van der Waals surface area (Å²) in [4.78, 5) is 52.0. The number of unbranched alkanes of at least 4 members (excludes halogenated alkanes) is 8. The van der Waals surface area contributed by atoms with Crippen LogP contribution in [-0.2, 0) is 23.9 Å². The third kappa shape index (κ3) is 9.67. The summed E-state index contributed by atoms with van der Waals surface area (Å²) in [5, 5.41) is 15.4. The molecule has 336 valence electrons. The Bertz CT molecular complexity index is 1530. The number of carbonyl (C=O) groups is 4. The van der Waals surface area contributed by atoms with Crippen molar-refractivity contribution in [1.82, 2.24) is 10.6 Å². The van der Waals surface area contributed by atoms with Crippen LogP contribution < -0.4 is 10.6 Å². The summed E-state index contributed by atoms with van der Waals surface area (Å²) in [5.74, 6) is -0.176. The molecule has 4 fully saturated rings. The predicted molar refractivity (Wildman–Crippen MR) is 237 cm³/mol. The van der Waals surface area contributed by atoms with Gasteiger partial charge in [-0.2, -0.15) is 0 Å². The highest BCUT2D eigenvalue weighted by molar-refractivity contribution is 5.85. The lowest BCUT2D eigenvalue weighted by molar-refractivity contribution is -0.213. The second kappa shape index (κ2) is 18.9. The molecule has 0 aliphatic heterocycles. The molecule has 5 aliphatic carbocycles. The number of carboxylic acids is 1. The number of esters is 1. The number of aliphatic carboxylic acids is 1. The molecule has 9 atom stereocenters.